The number of hydrogen-bond acceptors (Lipinski definition) is 20. The van der Waals surface area contributed by atoms with Crippen LogP contribution in [-0.2, 0) is 42.8 Å². The van der Waals surface area contributed by atoms with E-state index >= 15 is 0 Å². The summed E-state index contributed by atoms with van der Waals surface area (Å²) in [7, 11) is 0. The molecule has 0 spiro atoms. The zero-order chi connectivity index (χ0) is 58.3. The third kappa shape index (κ3) is 23.9. The van der Waals surface area contributed by atoms with E-state index in [1.54, 1.807) is 0 Å². The van der Waals surface area contributed by atoms with Gasteiger partial charge >= 0.3 is 5.97 Å². The number of amides is 2. The van der Waals surface area contributed by atoms with Gasteiger partial charge in [-0.25, -0.2) is 4.79 Å². The van der Waals surface area contributed by atoms with Crippen LogP contribution in [0.3, 0.4) is 0 Å². The number of carboxylic acids is 1. The Morgan fingerprint density at radius 3 is 1.71 bits per heavy atom. The highest BCUT2D eigenvalue weighted by Crippen LogP contribution is 2.38. The Balaban J connectivity index is 1.67. The highest BCUT2D eigenvalue weighted by Gasteiger charge is 2.60. The molecule has 462 valence electrons. The summed E-state index contributed by atoms with van der Waals surface area (Å²) in [6.45, 7) is 2.09. The minimum Gasteiger partial charge on any atom is -0.477 e. The predicted molar refractivity (Wildman–Crippen MR) is 288 cm³/mol. The zero-order valence-electron chi connectivity index (χ0n) is 47.2. The van der Waals surface area contributed by atoms with Crippen molar-refractivity contribution in [3.63, 3.8) is 0 Å². The summed E-state index contributed by atoms with van der Waals surface area (Å²) in [5.74, 6) is -6.14. The summed E-state index contributed by atoms with van der Waals surface area (Å²) < 4.78 is 34.6. The van der Waals surface area contributed by atoms with E-state index in [1.807, 2.05) is 0 Å². The molecule has 3 aliphatic heterocycles. The van der Waals surface area contributed by atoms with E-state index in [4.69, 9.17) is 28.4 Å². The first kappa shape index (κ1) is 70.7. The second-order valence-corrected chi connectivity index (χ2v) is 21.9. The van der Waals surface area contributed by atoms with Gasteiger partial charge in [-0.15, -0.1) is 0 Å². The Morgan fingerprint density at radius 1 is 0.646 bits per heavy atom. The smallest absolute Gasteiger partial charge is 0.364 e. The average Bonchev–Trinajstić information content (AvgIpc) is 3.45. The molecular formula is C56H102N2O21. The van der Waals surface area contributed by atoms with Crippen molar-refractivity contribution in [1.82, 2.24) is 10.6 Å². The molecule has 14 N–H and O–H groups in total. The zero-order valence-corrected chi connectivity index (χ0v) is 47.2. The highest BCUT2D eigenvalue weighted by molar-refractivity contribution is 5.77. The van der Waals surface area contributed by atoms with Crippen molar-refractivity contribution in [2.75, 3.05) is 26.4 Å². The fourth-order valence-electron chi connectivity index (χ4n) is 10.4. The topological polar surface area (TPSA) is 373 Å². The van der Waals surface area contributed by atoms with E-state index in [0.29, 0.717) is 25.7 Å². The Kier molecular flexibility index (Phi) is 35.0. The number of hydrogen-bond donors (Lipinski definition) is 14. The molecule has 2 amide bonds. The van der Waals surface area contributed by atoms with E-state index in [1.165, 1.54) is 83.5 Å². The molecule has 0 saturated carbocycles. The number of carbonyl (C=O) groups excluding carboxylic acids is 2. The first-order valence-corrected chi connectivity index (χ1v) is 29.5. The normalized spacial score (nSPS) is 30.9. The van der Waals surface area contributed by atoms with Crippen LogP contribution in [-0.4, -0.2) is 215 Å². The lowest BCUT2D eigenvalue weighted by Gasteiger charge is -2.50. The van der Waals surface area contributed by atoms with Crippen molar-refractivity contribution in [2.45, 2.75) is 298 Å². The number of rotatable bonds is 42. The summed E-state index contributed by atoms with van der Waals surface area (Å²) in [6.07, 6.45) is 1.33. The molecule has 0 aromatic carbocycles. The van der Waals surface area contributed by atoms with Crippen LogP contribution in [0.1, 0.15) is 188 Å². The van der Waals surface area contributed by atoms with E-state index in [0.717, 1.165) is 51.9 Å². The highest BCUT2D eigenvalue weighted by atomic mass is 16.8. The fourth-order valence-corrected chi connectivity index (χ4v) is 10.4. The van der Waals surface area contributed by atoms with Gasteiger partial charge in [-0.3, -0.25) is 9.59 Å². The maximum atomic E-state index is 13.3. The molecule has 3 fully saturated rings. The minimum atomic E-state index is -3.08. The van der Waals surface area contributed by atoms with Crippen LogP contribution in [0.25, 0.3) is 0 Å². The summed E-state index contributed by atoms with van der Waals surface area (Å²) in [5.41, 5.74) is 0. The summed E-state index contributed by atoms with van der Waals surface area (Å²) in [6, 6.07) is -2.54. The average molecular weight is 1140 g/mol. The summed E-state index contributed by atoms with van der Waals surface area (Å²) in [5, 5.41) is 135. The third-order valence-electron chi connectivity index (χ3n) is 15.2. The van der Waals surface area contributed by atoms with Crippen LogP contribution in [0.15, 0.2) is 12.2 Å². The van der Waals surface area contributed by atoms with E-state index in [2.05, 4.69) is 36.6 Å². The van der Waals surface area contributed by atoms with Crippen LogP contribution in [0.2, 0.25) is 0 Å². The van der Waals surface area contributed by atoms with E-state index in [9.17, 15) is 75.7 Å². The largest absolute Gasteiger partial charge is 0.477 e. The molecule has 3 heterocycles. The third-order valence-corrected chi connectivity index (χ3v) is 15.2. The van der Waals surface area contributed by atoms with Gasteiger partial charge in [0.25, 0.3) is 5.79 Å². The Morgan fingerprint density at radius 2 is 1.18 bits per heavy atom. The van der Waals surface area contributed by atoms with E-state index < -0.39 is 148 Å². The number of aliphatic carboxylic acids is 1. The molecule has 0 aromatic heterocycles. The van der Waals surface area contributed by atoms with Crippen molar-refractivity contribution in [1.29, 1.82) is 0 Å². The quantitative estimate of drug-likeness (QED) is 0.0307. The van der Waals surface area contributed by atoms with Crippen molar-refractivity contribution in [3.8, 4) is 0 Å². The van der Waals surface area contributed by atoms with Gasteiger partial charge in [-0.2, -0.15) is 0 Å². The molecule has 0 aliphatic carbocycles. The van der Waals surface area contributed by atoms with Crippen molar-refractivity contribution >= 4 is 17.8 Å². The molecule has 0 bridgehead atoms. The number of unbranched alkanes of at least 4 members (excludes halogenated alkanes) is 20. The number of nitrogens with one attached hydrogen (secondary N) is 2. The lowest BCUT2D eigenvalue weighted by atomic mass is 9.88. The van der Waals surface area contributed by atoms with Crippen LogP contribution in [0.5, 0.6) is 0 Å². The summed E-state index contributed by atoms with van der Waals surface area (Å²) >= 11 is 0. The Hall–Kier alpha value is -2.53. The van der Waals surface area contributed by atoms with Gasteiger partial charge in [0.1, 0.15) is 67.1 Å². The van der Waals surface area contributed by atoms with E-state index in [-0.39, 0.29) is 18.9 Å². The summed E-state index contributed by atoms with van der Waals surface area (Å²) in [4.78, 5) is 38.3. The Bertz CT molecular complexity index is 1680. The minimum absolute atomic E-state index is 0.175. The maximum Gasteiger partial charge on any atom is 0.364 e. The van der Waals surface area contributed by atoms with Gasteiger partial charge in [0.2, 0.25) is 11.8 Å². The molecule has 18 unspecified atom stereocenters. The molecule has 0 radical (unpaired) electrons. The predicted octanol–water partition coefficient (Wildman–Crippen LogP) is 2.00. The monoisotopic (exact) mass is 1140 g/mol. The van der Waals surface area contributed by atoms with Crippen LogP contribution in [0.4, 0.5) is 0 Å². The number of aliphatic hydroxyl groups is 11. The number of aliphatic hydroxyl groups excluding tert-OH is 11. The number of ether oxygens (including phenoxy) is 6. The first-order chi connectivity index (χ1) is 37.9. The van der Waals surface area contributed by atoms with Gasteiger partial charge in [-0.1, -0.05) is 148 Å². The molecule has 3 aliphatic rings. The maximum absolute atomic E-state index is 13.3. The molecular weight excluding hydrogens is 1040 g/mol. The van der Waals surface area contributed by atoms with Gasteiger partial charge in [0.05, 0.1) is 50.7 Å². The molecule has 23 heteroatoms. The second kappa shape index (κ2) is 39.1. The molecule has 3 saturated heterocycles. The fraction of sp³-hybridized carbons (Fsp3) is 0.911. The number of allylic oxidation sites excluding steroid dienone is 2. The van der Waals surface area contributed by atoms with Crippen molar-refractivity contribution < 1.29 is 104 Å². The molecule has 79 heavy (non-hydrogen) atoms. The van der Waals surface area contributed by atoms with Crippen molar-refractivity contribution in [2.24, 2.45) is 0 Å². The van der Waals surface area contributed by atoms with Gasteiger partial charge in [-0.05, 0) is 32.1 Å². The molecule has 0 aromatic rings. The molecule has 23 nitrogen and oxygen atoms in total. The number of carboxylic acid groups (broad SMARTS) is 1. The molecule has 3 rings (SSSR count). The number of carbonyl (C=O) groups is 3. The molecule has 18 atom stereocenters. The van der Waals surface area contributed by atoms with Gasteiger partial charge in [0, 0.05) is 19.8 Å². The lowest BCUT2D eigenvalue weighted by molar-refractivity contribution is -0.386. The second-order valence-electron chi connectivity index (χ2n) is 21.9. The standard InChI is InChI=1S/C56H102N2O21/c1-4-6-8-10-12-14-15-16-17-18-19-20-22-23-25-27-29-38(63)37(58-43(66)30-28-26-24-21-13-11-9-7-5-2)35-74-53-48(70)47(69)50(42(34-61)76-53)77-54-49(71)52(46(68)41(33-60)75-54)79-56(55(72)73)31-39(64)44(57-36(3)62)51(78-56)45(67)40(65)32-59/h21,24,37-42,44-54,59-61,63-65,67-71H,4-20,22-23,25-35H2,1-3H3,(H,57,62)(H,58,66)(H,72,73)/b24-21-. The lowest BCUT2D eigenvalue weighted by Crippen LogP contribution is -2.70. The Labute approximate surface area is 467 Å². The van der Waals surface area contributed by atoms with Crippen LogP contribution in [0, 0.1) is 0 Å². The van der Waals surface area contributed by atoms with Gasteiger partial charge < -0.3 is 100 Å². The SMILES string of the molecule is CCCCCC/C=C\CCCC(=O)NC(COC1OC(CO)C(OC2OC(CO)C(O)C(OC3(C(=O)O)CC(O)C(NC(C)=O)C(C(O)C(O)CO)O3)C2O)C(O)C1O)C(O)CCCCCCCCCCCCCCCCCC. The first-order valence-electron chi connectivity index (χ1n) is 29.5. The van der Waals surface area contributed by atoms with Gasteiger partial charge in [0.15, 0.2) is 12.6 Å². The van der Waals surface area contributed by atoms with Crippen LogP contribution >= 0.6 is 0 Å². The van der Waals surface area contributed by atoms with Crippen molar-refractivity contribution in [3.05, 3.63) is 12.2 Å². The van der Waals surface area contributed by atoms with Crippen LogP contribution < -0.4 is 10.6 Å².